The van der Waals surface area contributed by atoms with Crippen molar-refractivity contribution in [1.29, 1.82) is 0 Å². The van der Waals surface area contributed by atoms with Crippen molar-refractivity contribution in [2.75, 3.05) is 0 Å². The number of halogens is 5. The molecule has 0 fully saturated rings. The first kappa shape index (κ1) is 13.6. The number of nitrogens with two attached hydrogens (primary N) is 1. The van der Waals surface area contributed by atoms with E-state index in [0.717, 1.165) is 0 Å². The number of hydrogen-bond acceptors (Lipinski definition) is 2. The van der Waals surface area contributed by atoms with Crippen LogP contribution in [0.5, 0.6) is 0 Å². The van der Waals surface area contributed by atoms with Gasteiger partial charge in [0, 0.05) is 5.41 Å². The number of sulfonamides is 1. The van der Waals surface area contributed by atoms with E-state index in [2.05, 4.69) is 5.14 Å². The Hall–Kier alpha value is -1.48. The molecule has 0 saturated heterocycles. The van der Waals surface area contributed by atoms with E-state index < -0.39 is 44.7 Å². The van der Waals surface area contributed by atoms with Gasteiger partial charge in [-0.15, -0.1) is 0 Å². The summed E-state index contributed by atoms with van der Waals surface area (Å²) < 4.78 is 84.7. The number of primary sulfonamides is 1. The Morgan fingerprint density at radius 1 is 0.824 bits per heavy atom. The molecule has 3 nitrogen and oxygen atoms in total. The summed E-state index contributed by atoms with van der Waals surface area (Å²) in [6.07, 6.45) is 0.186. The fraction of sp³-hybridized carbons (Fsp3) is 0. The fourth-order valence-corrected chi connectivity index (χ4v) is 1.26. The first-order valence-electron chi connectivity index (χ1n) is 3.87. The van der Waals surface area contributed by atoms with Gasteiger partial charge in [0.05, 0.1) is 5.56 Å². The zero-order valence-corrected chi connectivity index (χ0v) is 8.66. The van der Waals surface area contributed by atoms with Crippen LogP contribution < -0.4 is 5.14 Å². The van der Waals surface area contributed by atoms with Crippen molar-refractivity contribution in [3.05, 3.63) is 40.1 Å². The Bertz CT molecular complexity index is 567. The van der Waals surface area contributed by atoms with Crippen LogP contribution in [0.3, 0.4) is 0 Å². The molecule has 0 radical (unpaired) electrons. The number of rotatable bonds is 2. The summed E-state index contributed by atoms with van der Waals surface area (Å²) in [7, 11) is -4.24. The minimum absolute atomic E-state index is 0.116. The molecule has 1 rings (SSSR count). The van der Waals surface area contributed by atoms with Crippen molar-refractivity contribution in [2.45, 2.75) is 0 Å². The standard InChI is InChI=1S/C8H4F5NO2S/c9-4-3(1-2-17(14,15)16)5(10)7(12)8(13)6(4)11/h1-2H,(H2,14,15,16). The van der Waals surface area contributed by atoms with Crippen molar-refractivity contribution in [3.8, 4) is 0 Å². The second-order valence-electron chi connectivity index (χ2n) is 2.88. The Kier molecular flexibility index (Phi) is 3.53. The number of hydrogen-bond donors (Lipinski definition) is 1. The fourth-order valence-electron chi connectivity index (χ4n) is 0.931. The molecule has 0 aliphatic rings. The second kappa shape index (κ2) is 4.41. The lowest BCUT2D eigenvalue weighted by Gasteiger charge is -2.03. The third-order valence-electron chi connectivity index (χ3n) is 1.67. The first-order valence-corrected chi connectivity index (χ1v) is 5.48. The van der Waals surface area contributed by atoms with Gasteiger partial charge in [0.2, 0.25) is 15.8 Å². The van der Waals surface area contributed by atoms with Crippen molar-refractivity contribution in [3.63, 3.8) is 0 Å². The highest BCUT2D eigenvalue weighted by Gasteiger charge is 2.24. The Labute approximate surface area is 92.4 Å². The van der Waals surface area contributed by atoms with E-state index in [9.17, 15) is 30.4 Å². The van der Waals surface area contributed by atoms with E-state index >= 15 is 0 Å². The minimum atomic E-state index is -4.24. The van der Waals surface area contributed by atoms with Crippen molar-refractivity contribution in [1.82, 2.24) is 0 Å². The topological polar surface area (TPSA) is 60.2 Å². The maximum Gasteiger partial charge on any atom is 0.231 e. The minimum Gasteiger partial charge on any atom is -0.225 e. The summed E-state index contributed by atoms with van der Waals surface area (Å²) in [5, 5.41) is 4.58. The summed E-state index contributed by atoms with van der Waals surface area (Å²) in [6, 6.07) is 0. The van der Waals surface area contributed by atoms with E-state index in [0.29, 0.717) is 0 Å². The molecule has 17 heavy (non-hydrogen) atoms. The molecule has 94 valence electrons. The van der Waals surface area contributed by atoms with Gasteiger partial charge in [0.25, 0.3) is 0 Å². The summed E-state index contributed by atoms with van der Waals surface area (Å²) in [5.74, 6) is -10.9. The van der Waals surface area contributed by atoms with Crippen LogP contribution in [0, 0.1) is 29.1 Å². The second-order valence-corrected chi connectivity index (χ2v) is 4.33. The van der Waals surface area contributed by atoms with E-state index in [1.165, 1.54) is 0 Å². The third kappa shape index (κ3) is 2.80. The lowest BCUT2D eigenvalue weighted by atomic mass is 10.1. The van der Waals surface area contributed by atoms with Gasteiger partial charge in [-0.1, -0.05) is 0 Å². The van der Waals surface area contributed by atoms with Crippen molar-refractivity contribution in [2.24, 2.45) is 5.14 Å². The van der Waals surface area contributed by atoms with Gasteiger partial charge in [-0.3, -0.25) is 0 Å². The Morgan fingerprint density at radius 2 is 1.18 bits per heavy atom. The molecular formula is C8H4F5NO2S. The zero-order valence-electron chi connectivity index (χ0n) is 7.85. The molecule has 0 unspecified atom stereocenters. The quantitative estimate of drug-likeness (QED) is 0.506. The van der Waals surface area contributed by atoms with Crippen LogP contribution in [0.25, 0.3) is 6.08 Å². The molecular weight excluding hydrogens is 269 g/mol. The van der Waals surface area contributed by atoms with Gasteiger partial charge in [0.1, 0.15) is 0 Å². The molecule has 0 bridgehead atoms. The predicted octanol–water partition coefficient (Wildman–Crippen LogP) is 1.64. The SMILES string of the molecule is NS(=O)(=O)C=Cc1c(F)c(F)c(F)c(F)c1F. The Morgan fingerprint density at radius 3 is 1.53 bits per heavy atom. The molecule has 0 heterocycles. The summed E-state index contributed by atoms with van der Waals surface area (Å²) >= 11 is 0. The van der Waals surface area contributed by atoms with Crippen LogP contribution in [0.15, 0.2) is 5.41 Å². The average Bonchev–Trinajstić information content (AvgIpc) is 2.22. The summed E-state index contributed by atoms with van der Waals surface area (Å²) in [5.41, 5.74) is -1.38. The molecule has 0 aliphatic heterocycles. The third-order valence-corrected chi connectivity index (χ3v) is 2.18. The normalized spacial score (nSPS) is 12.4. The molecule has 0 saturated carbocycles. The van der Waals surface area contributed by atoms with Gasteiger partial charge >= 0.3 is 0 Å². The molecule has 2 N–H and O–H groups in total. The highest BCUT2D eigenvalue weighted by atomic mass is 32.2. The number of benzene rings is 1. The Balaban J connectivity index is 3.51. The van der Waals surface area contributed by atoms with Crippen LogP contribution >= 0.6 is 0 Å². The van der Waals surface area contributed by atoms with E-state index in [4.69, 9.17) is 0 Å². The summed E-state index contributed by atoms with van der Waals surface area (Å²) in [4.78, 5) is 0. The molecule has 0 amide bonds. The van der Waals surface area contributed by atoms with Crippen LogP contribution in [-0.2, 0) is 10.0 Å². The van der Waals surface area contributed by atoms with Crippen molar-refractivity contribution < 1.29 is 30.4 Å². The molecule has 0 aliphatic carbocycles. The molecule has 0 aromatic heterocycles. The molecule has 1 aromatic rings. The van der Waals surface area contributed by atoms with Gasteiger partial charge < -0.3 is 0 Å². The van der Waals surface area contributed by atoms with Gasteiger partial charge in [0.15, 0.2) is 23.3 Å². The van der Waals surface area contributed by atoms with E-state index in [1.54, 1.807) is 0 Å². The van der Waals surface area contributed by atoms with E-state index in [-0.39, 0.29) is 11.5 Å². The van der Waals surface area contributed by atoms with E-state index in [1.807, 2.05) is 0 Å². The molecule has 0 atom stereocenters. The monoisotopic (exact) mass is 273 g/mol. The van der Waals surface area contributed by atoms with Crippen LogP contribution in [0.1, 0.15) is 5.56 Å². The highest BCUT2D eigenvalue weighted by Crippen LogP contribution is 2.23. The van der Waals surface area contributed by atoms with Crippen LogP contribution in [0.2, 0.25) is 0 Å². The smallest absolute Gasteiger partial charge is 0.225 e. The molecule has 1 aromatic carbocycles. The van der Waals surface area contributed by atoms with Crippen LogP contribution in [-0.4, -0.2) is 8.42 Å². The predicted molar refractivity (Wildman–Crippen MR) is 48.4 cm³/mol. The lowest BCUT2D eigenvalue weighted by Crippen LogP contribution is -2.08. The average molecular weight is 273 g/mol. The van der Waals surface area contributed by atoms with Gasteiger partial charge in [-0.2, -0.15) is 0 Å². The van der Waals surface area contributed by atoms with Crippen molar-refractivity contribution >= 4 is 16.1 Å². The lowest BCUT2D eigenvalue weighted by molar-refractivity contribution is 0.377. The summed E-state index contributed by atoms with van der Waals surface area (Å²) in [6.45, 7) is 0. The first-order chi connectivity index (χ1) is 7.65. The maximum absolute atomic E-state index is 13.0. The highest BCUT2D eigenvalue weighted by molar-refractivity contribution is 7.92. The maximum atomic E-state index is 13.0. The van der Waals surface area contributed by atoms with Crippen LogP contribution in [0.4, 0.5) is 22.0 Å². The van der Waals surface area contributed by atoms with Gasteiger partial charge in [-0.05, 0) is 6.08 Å². The molecule has 0 spiro atoms. The van der Waals surface area contributed by atoms with Gasteiger partial charge in [-0.25, -0.2) is 35.5 Å². The largest absolute Gasteiger partial charge is 0.231 e. The zero-order chi connectivity index (χ0) is 13.4. The molecule has 9 heteroatoms.